The van der Waals surface area contributed by atoms with Gasteiger partial charge in [-0.1, -0.05) is 12.2 Å². The number of fused-ring (bicyclic) bond motifs is 2. The molecule has 2 bridgehead atoms. The fraction of sp³-hybridized carbons (Fsp3) is 0.667. The van der Waals surface area contributed by atoms with Crippen LogP contribution in [-0.2, 0) is 14.9 Å². The average Bonchev–Trinajstić information content (AvgIpc) is 2.40. The molecule has 2 fully saturated rings. The van der Waals surface area contributed by atoms with E-state index in [1.54, 1.807) is 0 Å². The van der Waals surface area contributed by atoms with Gasteiger partial charge in [-0.2, -0.15) is 8.42 Å². The quantitative estimate of drug-likeness (QED) is 0.547. The Labute approximate surface area is 82.7 Å². The van der Waals surface area contributed by atoms with Crippen LogP contribution in [0, 0.1) is 11.3 Å². The smallest absolute Gasteiger partial charge is 0.266 e. The van der Waals surface area contributed by atoms with Gasteiger partial charge in [0.05, 0.1) is 11.2 Å². The van der Waals surface area contributed by atoms with Crippen LogP contribution in [0.4, 0.5) is 0 Å². The number of carbonyl (C=O) groups excluding carboxylic acids is 1. The molecule has 4 nitrogen and oxygen atoms in total. The molecule has 0 aromatic rings. The van der Waals surface area contributed by atoms with Crippen molar-refractivity contribution >= 4 is 15.9 Å². The van der Waals surface area contributed by atoms with E-state index < -0.39 is 21.3 Å². The molecule has 2 aliphatic carbocycles. The molecule has 0 aliphatic heterocycles. The molecule has 14 heavy (non-hydrogen) atoms. The van der Waals surface area contributed by atoms with Gasteiger partial charge in [0, 0.05) is 6.42 Å². The number of hydrogen-bond donors (Lipinski definition) is 1. The fourth-order valence-corrected chi connectivity index (χ4v) is 3.78. The molecule has 0 amide bonds. The lowest BCUT2D eigenvalue weighted by molar-refractivity contribution is -0.125. The predicted molar refractivity (Wildman–Crippen MR) is 50.3 cm³/mol. The standard InChI is InChI=1S/C9H12O4S/c1-6-7-2-3-9(6,8(10)4-7)5-14(11,12)13/h7H,1-5H2,(H,11,12,13). The van der Waals surface area contributed by atoms with Crippen LogP contribution in [0.1, 0.15) is 19.3 Å². The Morgan fingerprint density at radius 1 is 1.57 bits per heavy atom. The van der Waals surface area contributed by atoms with Crippen molar-refractivity contribution in [1.29, 1.82) is 0 Å². The van der Waals surface area contributed by atoms with Crippen LogP contribution in [-0.4, -0.2) is 24.5 Å². The Morgan fingerprint density at radius 2 is 2.21 bits per heavy atom. The minimum Gasteiger partial charge on any atom is -0.299 e. The van der Waals surface area contributed by atoms with E-state index in [4.69, 9.17) is 4.55 Å². The number of ketones is 1. The van der Waals surface area contributed by atoms with E-state index in [1.807, 2.05) is 0 Å². The van der Waals surface area contributed by atoms with Gasteiger partial charge in [0.2, 0.25) is 0 Å². The number of hydrogen-bond acceptors (Lipinski definition) is 3. The first-order valence-electron chi connectivity index (χ1n) is 4.53. The van der Waals surface area contributed by atoms with Gasteiger partial charge in [-0.25, -0.2) is 0 Å². The summed E-state index contributed by atoms with van der Waals surface area (Å²) in [5.41, 5.74) is -0.252. The van der Waals surface area contributed by atoms with Crippen molar-refractivity contribution in [2.24, 2.45) is 11.3 Å². The molecular weight excluding hydrogens is 204 g/mol. The molecular formula is C9H12O4S. The largest absolute Gasteiger partial charge is 0.299 e. The molecule has 0 aromatic carbocycles. The van der Waals surface area contributed by atoms with Gasteiger partial charge in [-0.05, 0) is 18.8 Å². The second-order valence-corrected chi connectivity index (χ2v) is 5.65. The van der Waals surface area contributed by atoms with Crippen molar-refractivity contribution in [2.45, 2.75) is 19.3 Å². The third kappa shape index (κ3) is 1.23. The van der Waals surface area contributed by atoms with Crippen molar-refractivity contribution in [1.82, 2.24) is 0 Å². The van der Waals surface area contributed by atoms with Crippen LogP contribution in [0.2, 0.25) is 0 Å². The van der Waals surface area contributed by atoms with Crippen molar-refractivity contribution in [3.8, 4) is 0 Å². The third-order valence-corrected chi connectivity index (χ3v) is 4.28. The van der Waals surface area contributed by atoms with Crippen molar-refractivity contribution in [3.05, 3.63) is 12.2 Å². The number of carbonyl (C=O) groups is 1. The minimum atomic E-state index is -4.10. The van der Waals surface area contributed by atoms with Crippen LogP contribution < -0.4 is 0 Å². The highest BCUT2D eigenvalue weighted by Gasteiger charge is 2.56. The van der Waals surface area contributed by atoms with Gasteiger partial charge in [-0.15, -0.1) is 0 Å². The monoisotopic (exact) mass is 216 g/mol. The summed E-state index contributed by atoms with van der Waals surface area (Å²) in [5, 5.41) is 0. The highest BCUT2D eigenvalue weighted by atomic mass is 32.2. The lowest BCUT2D eigenvalue weighted by Crippen LogP contribution is -2.34. The van der Waals surface area contributed by atoms with Crippen molar-refractivity contribution in [2.75, 3.05) is 5.75 Å². The van der Waals surface area contributed by atoms with E-state index in [-0.39, 0.29) is 11.7 Å². The van der Waals surface area contributed by atoms with Crippen molar-refractivity contribution in [3.63, 3.8) is 0 Å². The van der Waals surface area contributed by atoms with E-state index in [1.165, 1.54) is 0 Å². The van der Waals surface area contributed by atoms with Crippen LogP contribution in [0.5, 0.6) is 0 Å². The van der Waals surface area contributed by atoms with Gasteiger partial charge in [0.1, 0.15) is 5.78 Å². The summed E-state index contributed by atoms with van der Waals surface area (Å²) in [6.45, 7) is 3.79. The number of rotatable bonds is 2. The van der Waals surface area contributed by atoms with E-state index in [0.717, 1.165) is 6.42 Å². The van der Waals surface area contributed by atoms with Gasteiger partial charge in [0.15, 0.2) is 0 Å². The Balaban J connectivity index is 2.39. The van der Waals surface area contributed by atoms with Crippen LogP contribution >= 0.6 is 0 Å². The summed E-state index contributed by atoms with van der Waals surface area (Å²) in [7, 11) is -4.10. The Bertz CT molecular complexity index is 409. The lowest BCUT2D eigenvalue weighted by atomic mass is 9.83. The molecule has 0 aromatic heterocycles. The van der Waals surface area contributed by atoms with Crippen molar-refractivity contribution < 1.29 is 17.8 Å². The first-order chi connectivity index (χ1) is 6.35. The Hall–Kier alpha value is -0.680. The Morgan fingerprint density at radius 3 is 2.57 bits per heavy atom. The van der Waals surface area contributed by atoms with Crippen LogP contribution in [0.25, 0.3) is 0 Å². The molecule has 0 saturated heterocycles. The SMILES string of the molecule is C=C1C2CCC1(CS(=O)(=O)O)C(=O)C2. The normalized spacial score (nSPS) is 36.8. The number of allylic oxidation sites excluding steroid dienone is 1. The van der Waals surface area contributed by atoms with E-state index in [2.05, 4.69) is 6.58 Å². The maximum absolute atomic E-state index is 11.6. The summed E-state index contributed by atoms with van der Waals surface area (Å²) in [6.07, 6.45) is 1.74. The maximum Gasteiger partial charge on any atom is 0.266 e. The summed E-state index contributed by atoms with van der Waals surface area (Å²) < 4.78 is 30.5. The zero-order valence-electron chi connectivity index (χ0n) is 7.69. The molecule has 0 radical (unpaired) electrons. The molecule has 2 aliphatic rings. The Kier molecular flexibility index (Phi) is 1.88. The second kappa shape index (κ2) is 2.67. The summed E-state index contributed by atoms with van der Waals surface area (Å²) in [4.78, 5) is 11.6. The second-order valence-electron chi connectivity index (χ2n) is 4.20. The lowest BCUT2D eigenvalue weighted by Gasteiger charge is -2.23. The molecule has 78 valence electrons. The predicted octanol–water partition coefficient (Wildman–Crippen LogP) is 0.800. The minimum absolute atomic E-state index is 0.0728. The van der Waals surface area contributed by atoms with Gasteiger partial charge in [0.25, 0.3) is 10.1 Å². The molecule has 2 saturated carbocycles. The maximum atomic E-state index is 11.6. The number of Topliss-reactive ketones (excluding diaryl/α,β-unsaturated/α-hetero) is 1. The molecule has 2 unspecified atom stereocenters. The summed E-state index contributed by atoms with van der Waals surface area (Å²) >= 11 is 0. The van der Waals surface area contributed by atoms with Gasteiger partial charge < -0.3 is 0 Å². The fourth-order valence-electron chi connectivity index (χ4n) is 2.67. The van der Waals surface area contributed by atoms with E-state index in [9.17, 15) is 13.2 Å². The first-order valence-corrected chi connectivity index (χ1v) is 6.14. The first kappa shape index (κ1) is 9.86. The zero-order chi connectivity index (χ0) is 10.6. The molecule has 0 heterocycles. The van der Waals surface area contributed by atoms with Gasteiger partial charge in [-0.3, -0.25) is 9.35 Å². The zero-order valence-corrected chi connectivity index (χ0v) is 8.51. The molecule has 5 heteroatoms. The third-order valence-electron chi connectivity index (χ3n) is 3.42. The highest BCUT2D eigenvalue weighted by Crippen LogP contribution is 2.55. The van der Waals surface area contributed by atoms with Crippen LogP contribution in [0.15, 0.2) is 12.2 Å². The van der Waals surface area contributed by atoms with E-state index >= 15 is 0 Å². The summed E-state index contributed by atoms with van der Waals surface area (Å²) in [6, 6.07) is 0. The summed E-state index contributed by atoms with van der Waals surface area (Å²) in [5.74, 6) is -0.408. The highest BCUT2D eigenvalue weighted by molar-refractivity contribution is 7.85. The molecule has 2 rings (SSSR count). The van der Waals surface area contributed by atoms with E-state index in [0.29, 0.717) is 18.4 Å². The van der Waals surface area contributed by atoms with Crippen LogP contribution in [0.3, 0.4) is 0 Å². The average molecular weight is 216 g/mol. The van der Waals surface area contributed by atoms with Gasteiger partial charge >= 0.3 is 0 Å². The topological polar surface area (TPSA) is 71.4 Å². The molecule has 1 N–H and O–H groups in total. The molecule has 0 spiro atoms. The molecule has 2 atom stereocenters.